The third-order valence-corrected chi connectivity index (χ3v) is 5.72. The first kappa shape index (κ1) is 20.2. The van der Waals surface area contributed by atoms with Crippen molar-refractivity contribution in [1.29, 1.82) is 0 Å². The van der Waals surface area contributed by atoms with Crippen LogP contribution >= 0.6 is 0 Å². The number of rotatable bonds is 4. The van der Waals surface area contributed by atoms with E-state index in [9.17, 15) is 9.59 Å². The number of quaternary nitrogens is 1. The minimum atomic E-state index is -0.499. The van der Waals surface area contributed by atoms with Gasteiger partial charge in [0, 0.05) is 24.1 Å². The van der Waals surface area contributed by atoms with Crippen molar-refractivity contribution in [3.05, 3.63) is 53.1 Å². The first-order chi connectivity index (χ1) is 14.5. The second-order valence-corrected chi connectivity index (χ2v) is 8.00. The number of likely N-dealkylation sites (tertiary alicyclic amines) is 1. The summed E-state index contributed by atoms with van der Waals surface area (Å²) in [5.74, 6) is 1.25. The highest BCUT2D eigenvalue weighted by Gasteiger charge is 2.32. The molecule has 0 bridgehead atoms. The van der Waals surface area contributed by atoms with E-state index in [1.165, 1.54) is 0 Å². The quantitative estimate of drug-likeness (QED) is 0.722. The topological polar surface area (TPSA) is 81.1 Å². The van der Waals surface area contributed by atoms with E-state index in [1.807, 2.05) is 50.2 Å². The number of carbonyl (C=O) groups excluding carboxylic acids is 2. The molecule has 0 spiro atoms. The number of benzene rings is 2. The third-order valence-electron chi connectivity index (χ3n) is 5.72. The Balaban J connectivity index is 1.36. The van der Waals surface area contributed by atoms with E-state index < -0.39 is 6.03 Å². The van der Waals surface area contributed by atoms with E-state index in [-0.39, 0.29) is 18.5 Å². The molecule has 2 aromatic carbocycles. The van der Waals surface area contributed by atoms with E-state index in [0.29, 0.717) is 18.9 Å². The molecule has 7 nitrogen and oxygen atoms in total. The molecule has 3 N–H and O–H groups in total. The number of carbonyl (C=O) groups is 2. The molecule has 4 rings (SSSR count). The molecule has 30 heavy (non-hydrogen) atoms. The Morgan fingerprint density at radius 2 is 1.87 bits per heavy atom. The van der Waals surface area contributed by atoms with Gasteiger partial charge in [-0.15, -0.1) is 0 Å². The molecule has 2 aliphatic rings. The van der Waals surface area contributed by atoms with Crippen molar-refractivity contribution in [3.63, 3.8) is 0 Å². The average molecular weight is 410 g/mol. The molecule has 0 radical (unpaired) electrons. The zero-order valence-corrected chi connectivity index (χ0v) is 17.4. The van der Waals surface area contributed by atoms with Crippen molar-refractivity contribution in [2.75, 3.05) is 31.6 Å². The Morgan fingerprint density at radius 1 is 1.07 bits per heavy atom. The second-order valence-electron chi connectivity index (χ2n) is 8.00. The Hall–Kier alpha value is -3.06. The summed E-state index contributed by atoms with van der Waals surface area (Å²) in [4.78, 5) is 25.9. The minimum absolute atomic E-state index is 0.203. The molecule has 1 fully saturated rings. The molecule has 2 aliphatic heterocycles. The third kappa shape index (κ3) is 4.57. The maximum Gasteiger partial charge on any atom is 0.326 e. The number of nitrogens with one attached hydrogen (secondary N) is 3. The lowest BCUT2D eigenvalue weighted by Crippen LogP contribution is -3.11. The van der Waals surface area contributed by atoms with Crippen LogP contribution in [0.4, 0.5) is 10.5 Å². The predicted octanol–water partition coefficient (Wildman–Crippen LogP) is 2.14. The van der Waals surface area contributed by atoms with Gasteiger partial charge >= 0.3 is 6.03 Å². The Morgan fingerprint density at radius 3 is 2.67 bits per heavy atom. The standard InChI is InChI=1S/C23H27N3O4/c1-15-5-7-18(16(2)12-15)24-23(28)25-22(27)14-26-9-3-4-19(26)17-6-8-20-21(13-17)30-11-10-29-20/h5-8,12-13,19H,3-4,9-11,14H2,1-2H3,(H2,24,25,27,28)/p+1/t19-/m0/s1. The van der Waals surface area contributed by atoms with Crippen LogP contribution in [0.5, 0.6) is 11.5 Å². The molecule has 7 heteroatoms. The largest absolute Gasteiger partial charge is 0.486 e. The fourth-order valence-electron chi connectivity index (χ4n) is 4.29. The summed E-state index contributed by atoms with van der Waals surface area (Å²) in [6, 6.07) is 11.5. The lowest BCUT2D eigenvalue weighted by molar-refractivity contribution is -0.910. The van der Waals surface area contributed by atoms with E-state index in [1.54, 1.807) is 0 Å². The minimum Gasteiger partial charge on any atom is -0.486 e. The van der Waals surface area contributed by atoms with Crippen molar-refractivity contribution in [2.24, 2.45) is 0 Å². The number of aryl methyl sites for hydroxylation is 2. The van der Waals surface area contributed by atoms with Gasteiger partial charge in [0.1, 0.15) is 19.3 Å². The summed E-state index contributed by atoms with van der Waals surface area (Å²) in [5.41, 5.74) is 3.92. The van der Waals surface area contributed by atoms with Crippen LogP contribution in [0.3, 0.4) is 0 Å². The van der Waals surface area contributed by atoms with Crippen molar-refractivity contribution >= 4 is 17.6 Å². The second kappa shape index (κ2) is 8.75. The number of anilines is 1. The summed E-state index contributed by atoms with van der Waals surface area (Å²) in [6.07, 6.45) is 2.04. The molecule has 0 saturated carbocycles. The SMILES string of the molecule is Cc1ccc(NC(=O)NC(=O)C[NH+]2CCC[C@H]2c2ccc3c(c2)OCCO3)c(C)c1. The van der Waals surface area contributed by atoms with E-state index >= 15 is 0 Å². The molecule has 1 saturated heterocycles. The lowest BCUT2D eigenvalue weighted by atomic mass is 10.0. The van der Waals surface area contributed by atoms with Gasteiger partial charge in [-0.1, -0.05) is 17.7 Å². The number of hydrogen-bond donors (Lipinski definition) is 3. The summed E-state index contributed by atoms with van der Waals surface area (Å²) < 4.78 is 11.3. The van der Waals surface area contributed by atoms with Crippen LogP contribution in [0.25, 0.3) is 0 Å². The number of amides is 3. The molecule has 2 atom stereocenters. The van der Waals surface area contributed by atoms with E-state index in [0.717, 1.165) is 52.5 Å². The van der Waals surface area contributed by atoms with Crippen molar-refractivity contribution in [2.45, 2.75) is 32.7 Å². The van der Waals surface area contributed by atoms with Crippen LogP contribution in [0.1, 0.15) is 35.6 Å². The lowest BCUT2D eigenvalue weighted by Gasteiger charge is -2.24. The fraction of sp³-hybridized carbons (Fsp3) is 0.391. The zero-order chi connectivity index (χ0) is 21.1. The van der Waals surface area contributed by atoms with Crippen LogP contribution in [0, 0.1) is 13.8 Å². The maximum absolute atomic E-state index is 12.5. The maximum atomic E-state index is 12.5. The smallest absolute Gasteiger partial charge is 0.326 e. The van der Waals surface area contributed by atoms with Gasteiger partial charge in [0.05, 0.1) is 6.54 Å². The van der Waals surface area contributed by atoms with E-state index in [4.69, 9.17) is 9.47 Å². The van der Waals surface area contributed by atoms with Gasteiger partial charge in [-0.05, 0) is 43.7 Å². The molecular formula is C23H28N3O4+. The zero-order valence-electron chi connectivity index (χ0n) is 17.4. The van der Waals surface area contributed by atoms with Gasteiger partial charge in [-0.2, -0.15) is 0 Å². The molecule has 2 heterocycles. The number of ether oxygens (including phenoxy) is 2. The molecule has 2 aromatic rings. The van der Waals surface area contributed by atoms with Gasteiger partial charge in [0.2, 0.25) is 0 Å². The van der Waals surface area contributed by atoms with Gasteiger partial charge in [-0.25, -0.2) is 4.79 Å². The summed E-state index contributed by atoms with van der Waals surface area (Å²) in [5, 5.41) is 5.22. The Kier molecular flexibility index (Phi) is 5.90. The molecule has 0 aliphatic carbocycles. The molecule has 1 unspecified atom stereocenters. The van der Waals surface area contributed by atoms with Crippen molar-refractivity contribution in [1.82, 2.24) is 5.32 Å². The van der Waals surface area contributed by atoms with Gasteiger partial charge in [0.15, 0.2) is 18.0 Å². The van der Waals surface area contributed by atoms with Crippen LogP contribution < -0.4 is 25.0 Å². The number of imide groups is 1. The van der Waals surface area contributed by atoms with Crippen LogP contribution in [-0.4, -0.2) is 38.2 Å². The predicted molar refractivity (Wildman–Crippen MR) is 113 cm³/mol. The highest BCUT2D eigenvalue weighted by Crippen LogP contribution is 2.33. The van der Waals surface area contributed by atoms with E-state index in [2.05, 4.69) is 10.6 Å². The van der Waals surface area contributed by atoms with Crippen LogP contribution in [0.15, 0.2) is 36.4 Å². The summed E-state index contributed by atoms with van der Waals surface area (Å²) in [7, 11) is 0. The summed E-state index contributed by atoms with van der Waals surface area (Å²) in [6.45, 7) is 6.19. The summed E-state index contributed by atoms with van der Waals surface area (Å²) >= 11 is 0. The average Bonchev–Trinajstić information content (AvgIpc) is 3.17. The fourth-order valence-corrected chi connectivity index (χ4v) is 4.29. The number of urea groups is 1. The highest BCUT2D eigenvalue weighted by atomic mass is 16.6. The van der Waals surface area contributed by atoms with Crippen LogP contribution in [0.2, 0.25) is 0 Å². The number of fused-ring (bicyclic) bond motifs is 1. The van der Waals surface area contributed by atoms with Gasteiger partial charge in [0.25, 0.3) is 5.91 Å². The van der Waals surface area contributed by atoms with Gasteiger partial charge in [-0.3, -0.25) is 10.1 Å². The van der Waals surface area contributed by atoms with Gasteiger partial charge < -0.3 is 19.7 Å². The molecule has 3 amide bonds. The first-order valence-electron chi connectivity index (χ1n) is 10.4. The molecular weight excluding hydrogens is 382 g/mol. The Bertz CT molecular complexity index is 959. The monoisotopic (exact) mass is 410 g/mol. The normalized spacial score (nSPS) is 19.9. The highest BCUT2D eigenvalue weighted by molar-refractivity contribution is 6.01. The van der Waals surface area contributed by atoms with Crippen molar-refractivity contribution < 1.29 is 24.0 Å². The molecule has 158 valence electrons. The number of hydrogen-bond acceptors (Lipinski definition) is 4. The first-order valence-corrected chi connectivity index (χ1v) is 10.4. The van der Waals surface area contributed by atoms with Crippen molar-refractivity contribution in [3.8, 4) is 11.5 Å². The molecule has 0 aromatic heterocycles. The van der Waals surface area contributed by atoms with Crippen LogP contribution in [-0.2, 0) is 4.79 Å². The Labute approximate surface area is 176 Å².